The number of anilines is 1. The third-order valence-electron chi connectivity index (χ3n) is 4.00. The van der Waals surface area contributed by atoms with Crippen molar-refractivity contribution >= 4 is 22.8 Å². The van der Waals surface area contributed by atoms with Gasteiger partial charge in [0.05, 0.1) is 12.8 Å². The number of nitrogens with zero attached hydrogens (tertiary/aromatic N) is 2. The molecule has 7 heteroatoms. The van der Waals surface area contributed by atoms with Crippen LogP contribution in [-0.4, -0.2) is 29.6 Å². The van der Waals surface area contributed by atoms with E-state index < -0.39 is 0 Å². The Kier molecular flexibility index (Phi) is 4.88. The number of pyridine rings is 1. The number of para-hydroxylation sites is 1. The molecule has 0 radical (unpaired) electrons. The molecule has 0 unspecified atom stereocenters. The lowest BCUT2D eigenvalue weighted by Gasteiger charge is -2.12. The van der Waals surface area contributed by atoms with Crippen LogP contribution in [0.25, 0.3) is 22.7 Å². The summed E-state index contributed by atoms with van der Waals surface area (Å²) in [6.45, 7) is -0.121. The average Bonchev–Trinajstić information content (AvgIpc) is 3.17. The third kappa shape index (κ3) is 3.78. The number of hydrogen-bond donors (Lipinski definition) is 1. The molecular formula is C21H17N3O4. The zero-order valence-electron chi connectivity index (χ0n) is 15.1. The number of fused-ring (bicyclic) bond motifs is 1. The number of carbonyl (C=O) groups excluding carboxylic acids is 1. The van der Waals surface area contributed by atoms with Crippen LogP contribution >= 0.6 is 0 Å². The molecule has 28 heavy (non-hydrogen) atoms. The fourth-order valence-electron chi connectivity index (χ4n) is 2.68. The van der Waals surface area contributed by atoms with Gasteiger partial charge in [0, 0.05) is 11.8 Å². The van der Waals surface area contributed by atoms with Gasteiger partial charge in [-0.15, -0.1) is 0 Å². The second-order valence-electron chi connectivity index (χ2n) is 5.91. The molecule has 0 bridgehead atoms. The molecule has 0 fully saturated rings. The smallest absolute Gasteiger partial charge is 0.262 e. The van der Waals surface area contributed by atoms with Crippen LogP contribution in [0, 0.1) is 0 Å². The number of benzene rings is 2. The Bertz CT molecular complexity index is 1080. The maximum atomic E-state index is 12.3. The Morgan fingerprint density at radius 1 is 1.11 bits per heavy atom. The molecule has 0 saturated heterocycles. The average molecular weight is 375 g/mol. The van der Waals surface area contributed by atoms with Gasteiger partial charge in [-0.3, -0.25) is 4.79 Å². The molecule has 140 valence electrons. The standard InChI is InChI=1S/C21H17N3O4/c1-26-17-10-9-14(21-24-20-18(28-21)8-5-11-22-20)12-16(17)23-19(25)13-27-15-6-3-2-4-7-15/h2-12H,13H2,1H3,(H,23,25). The van der Waals surface area contributed by atoms with Crippen molar-refractivity contribution in [3.8, 4) is 23.0 Å². The van der Waals surface area contributed by atoms with E-state index in [4.69, 9.17) is 13.9 Å². The minimum absolute atomic E-state index is 0.121. The molecule has 0 aliphatic rings. The fourth-order valence-corrected chi connectivity index (χ4v) is 2.68. The first kappa shape index (κ1) is 17.5. The highest BCUT2D eigenvalue weighted by Gasteiger charge is 2.14. The van der Waals surface area contributed by atoms with Gasteiger partial charge in [0.25, 0.3) is 5.91 Å². The predicted octanol–water partition coefficient (Wildman–Crippen LogP) is 3.92. The van der Waals surface area contributed by atoms with Gasteiger partial charge >= 0.3 is 0 Å². The lowest BCUT2D eigenvalue weighted by molar-refractivity contribution is -0.118. The lowest BCUT2D eigenvalue weighted by atomic mass is 10.2. The molecule has 0 aliphatic heterocycles. The van der Waals surface area contributed by atoms with E-state index in [0.29, 0.717) is 39.9 Å². The number of aromatic nitrogens is 2. The molecule has 4 rings (SSSR count). The highest BCUT2D eigenvalue weighted by molar-refractivity contribution is 5.94. The van der Waals surface area contributed by atoms with Gasteiger partial charge in [0.2, 0.25) is 5.89 Å². The molecule has 2 heterocycles. The number of hydrogen-bond acceptors (Lipinski definition) is 6. The topological polar surface area (TPSA) is 86.5 Å². The number of nitrogens with one attached hydrogen (secondary N) is 1. The first-order valence-corrected chi connectivity index (χ1v) is 8.60. The Labute approximate surface area is 160 Å². The fraction of sp³-hybridized carbons (Fsp3) is 0.0952. The second kappa shape index (κ2) is 7.79. The maximum Gasteiger partial charge on any atom is 0.262 e. The van der Waals surface area contributed by atoms with Crippen molar-refractivity contribution in [2.75, 3.05) is 19.0 Å². The monoisotopic (exact) mass is 375 g/mol. The van der Waals surface area contributed by atoms with Crippen molar-refractivity contribution in [2.45, 2.75) is 0 Å². The second-order valence-corrected chi connectivity index (χ2v) is 5.91. The van der Waals surface area contributed by atoms with Crippen molar-refractivity contribution in [3.05, 3.63) is 66.9 Å². The van der Waals surface area contributed by atoms with Gasteiger partial charge in [0.1, 0.15) is 11.5 Å². The SMILES string of the molecule is COc1ccc(-c2nc3ncccc3o2)cc1NC(=O)COc1ccccc1. The maximum absolute atomic E-state index is 12.3. The van der Waals surface area contributed by atoms with E-state index in [2.05, 4.69) is 15.3 Å². The predicted molar refractivity (Wildman–Crippen MR) is 104 cm³/mol. The van der Waals surface area contributed by atoms with Crippen LogP contribution in [0.4, 0.5) is 5.69 Å². The molecule has 2 aromatic carbocycles. The van der Waals surface area contributed by atoms with Gasteiger partial charge in [-0.25, -0.2) is 4.98 Å². The molecule has 0 atom stereocenters. The molecule has 4 aromatic rings. The van der Waals surface area contributed by atoms with E-state index in [9.17, 15) is 4.79 Å². The van der Waals surface area contributed by atoms with Crippen LogP contribution in [-0.2, 0) is 4.79 Å². The van der Waals surface area contributed by atoms with Crippen molar-refractivity contribution in [1.82, 2.24) is 9.97 Å². The van der Waals surface area contributed by atoms with Gasteiger partial charge in [-0.2, -0.15) is 4.98 Å². The molecule has 0 aliphatic carbocycles. The van der Waals surface area contributed by atoms with Gasteiger partial charge in [0.15, 0.2) is 17.8 Å². The van der Waals surface area contributed by atoms with Gasteiger partial charge in [-0.05, 0) is 42.5 Å². The Hall–Kier alpha value is -3.87. The molecule has 1 amide bonds. The summed E-state index contributed by atoms with van der Waals surface area (Å²) in [5.74, 6) is 1.24. The summed E-state index contributed by atoms with van der Waals surface area (Å²) in [7, 11) is 1.54. The summed E-state index contributed by atoms with van der Waals surface area (Å²) in [5, 5.41) is 2.80. The number of carbonyl (C=O) groups is 1. The summed E-state index contributed by atoms with van der Waals surface area (Å²) >= 11 is 0. The van der Waals surface area contributed by atoms with Crippen LogP contribution in [0.2, 0.25) is 0 Å². The van der Waals surface area contributed by atoms with Crippen LogP contribution in [0.5, 0.6) is 11.5 Å². The van der Waals surface area contributed by atoms with E-state index in [0.717, 1.165) is 0 Å². The Morgan fingerprint density at radius 3 is 2.75 bits per heavy atom. The number of oxazole rings is 1. The number of methoxy groups -OCH3 is 1. The molecule has 2 aromatic heterocycles. The Balaban J connectivity index is 1.54. The van der Waals surface area contributed by atoms with Gasteiger partial charge < -0.3 is 19.2 Å². The first-order chi connectivity index (χ1) is 13.7. The van der Waals surface area contributed by atoms with E-state index >= 15 is 0 Å². The zero-order chi connectivity index (χ0) is 19.3. The van der Waals surface area contributed by atoms with Crippen molar-refractivity contribution < 1.29 is 18.7 Å². The molecule has 0 spiro atoms. The highest BCUT2D eigenvalue weighted by Crippen LogP contribution is 2.31. The zero-order valence-corrected chi connectivity index (χ0v) is 15.1. The van der Waals surface area contributed by atoms with Crippen LogP contribution < -0.4 is 14.8 Å². The van der Waals surface area contributed by atoms with E-state index in [1.807, 2.05) is 18.2 Å². The van der Waals surface area contributed by atoms with E-state index in [-0.39, 0.29) is 12.5 Å². The van der Waals surface area contributed by atoms with Crippen molar-refractivity contribution in [1.29, 1.82) is 0 Å². The van der Waals surface area contributed by atoms with Crippen molar-refractivity contribution in [3.63, 3.8) is 0 Å². The van der Waals surface area contributed by atoms with Gasteiger partial charge in [-0.1, -0.05) is 18.2 Å². The molecule has 1 N–H and O–H groups in total. The summed E-state index contributed by atoms with van der Waals surface area (Å²) in [5.41, 5.74) is 2.31. The van der Waals surface area contributed by atoms with E-state index in [1.165, 1.54) is 7.11 Å². The number of rotatable bonds is 6. The van der Waals surface area contributed by atoms with Crippen LogP contribution in [0.3, 0.4) is 0 Å². The number of ether oxygens (including phenoxy) is 2. The van der Waals surface area contributed by atoms with Crippen molar-refractivity contribution in [2.24, 2.45) is 0 Å². The largest absolute Gasteiger partial charge is 0.495 e. The molecule has 7 nitrogen and oxygen atoms in total. The summed E-state index contributed by atoms with van der Waals surface area (Å²) < 4.78 is 16.6. The Morgan fingerprint density at radius 2 is 1.96 bits per heavy atom. The minimum atomic E-state index is -0.307. The first-order valence-electron chi connectivity index (χ1n) is 8.60. The quantitative estimate of drug-likeness (QED) is 0.550. The van der Waals surface area contributed by atoms with E-state index in [1.54, 1.807) is 48.7 Å². The number of amides is 1. The molecule has 0 saturated carbocycles. The summed E-state index contributed by atoms with van der Waals surface area (Å²) in [6, 6.07) is 18.0. The van der Waals surface area contributed by atoms with Crippen LogP contribution in [0.1, 0.15) is 0 Å². The summed E-state index contributed by atoms with van der Waals surface area (Å²) in [4.78, 5) is 20.8. The normalized spacial score (nSPS) is 10.6. The third-order valence-corrected chi connectivity index (χ3v) is 4.00. The molecular weight excluding hydrogens is 358 g/mol. The highest BCUT2D eigenvalue weighted by atomic mass is 16.5. The summed E-state index contributed by atoms with van der Waals surface area (Å²) in [6.07, 6.45) is 1.65. The minimum Gasteiger partial charge on any atom is -0.495 e. The lowest BCUT2D eigenvalue weighted by Crippen LogP contribution is -2.20. The van der Waals surface area contributed by atoms with Crippen LogP contribution in [0.15, 0.2) is 71.3 Å².